The van der Waals surface area contributed by atoms with E-state index in [1.54, 1.807) is 19.5 Å². The molecule has 1 aromatic heterocycles. The van der Waals surface area contributed by atoms with Crippen molar-refractivity contribution >= 4 is 0 Å². The molecule has 0 saturated carbocycles. The normalized spacial score (nSPS) is 10.7. The number of rotatable bonds is 7. The Kier molecular flexibility index (Phi) is 5.58. The standard InChI is InChI=1S/C17H22N2O2/c1-13(2)19-10-15-7-8-18-11-17(15)21-12-14-5-4-6-16(9-14)20-3/h4-9,11,13,19H,10,12H2,1-3H3. The molecule has 0 saturated heterocycles. The van der Waals surface area contributed by atoms with E-state index in [1.807, 2.05) is 30.3 Å². The highest BCUT2D eigenvalue weighted by Gasteiger charge is 2.05. The van der Waals surface area contributed by atoms with Gasteiger partial charge >= 0.3 is 0 Å². The lowest BCUT2D eigenvalue weighted by molar-refractivity contribution is 0.299. The highest BCUT2D eigenvalue weighted by Crippen LogP contribution is 2.19. The van der Waals surface area contributed by atoms with Crippen molar-refractivity contribution < 1.29 is 9.47 Å². The predicted molar refractivity (Wildman–Crippen MR) is 83.5 cm³/mol. The molecular formula is C17H22N2O2. The molecule has 0 amide bonds. The van der Waals surface area contributed by atoms with Crippen LogP contribution in [0.1, 0.15) is 25.0 Å². The SMILES string of the molecule is COc1cccc(COc2cnccc2CNC(C)C)c1. The third-order valence-electron chi connectivity index (χ3n) is 3.10. The van der Waals surface area contributed by atoms with Crippen molar-refractivity contribution in [1.29, 1.82) is 0 Å². The van der Waals surface area contributed by atoms with Gasteiger partial charge in [-0.15, -0.1) is 0 Å². The van der Waals surface area contributed by atoms with Crippen molar-refractivity contribution in [1.82, 2.24) is 10.3 Å². The third-order valence-corrected chi connectivity index (χ3v) is 3.10. The van der Waals surface area contributed by atoms with Crippen molar-refractivity contribution in [2.75, 3.05) is 7.11 Å². The van der Waals surface area contributed by atoms with E-state index in [4.69, 9.17) is 9.47 Å². The van der Waals surface area contributed by atoms with E-state index in [1.165, 1.54) is 0 Å². The molecule has 0 aliphatic rings. The summed E-state index contributed by atoms with van der Waals surface area (Å²) in [5.74, 6) is 1.65. The molecule has 2 aromatic rings. The number of aromatic nitrogens is 1. The van der Waals surface area contributed by atoms with Gasteiger partial charge in [0.1, 0.15) is 18.1 Å². The molecule has 0 aliphatic heterocycles. The lowest BCUT2D eigenvalue weighted by Crippen LogP contribution is -2.22. The molecule has 0 spiro atoms. The maximum atomic E-state index is 5.90. The zero-order valence-electron chi connectivity index (χ0n) is 12.8. The smallest absolute Gasteiger partial charge is 0.142 e. The second-order valence-corrected chi connectivity index (χ2v) is 5.16. The van der Waals surface area contributed by atoms with Crippen LogP contribution in [0.25, 0.3) is 0 Å². The molecule has 0 atom stereocenters. The largest absolute Gasteiger partial charge is 0.497 e. The number of methoxy groups -OCH3 is 1. The molecule has 2 rings (SSSR count). The Morgan fingerprint density at radius 3 is 2.86 bits per heavy atom. The fourth-order valence-corrected chi connectivity index (χ4v) is 1.92. The van der Waals surface area contributed by atoms with Crippen LogP contribution in [0.4, 0.5) is 0 Å². The maximum absolute atomic E-state index is 5.90. The van der Waals surface area contributed by atoms with Gasteiger partial charge in [-0.3, -0.25) is 4.98 Å². The summed E-state index contributed by atoms with van der Waals surface area (Å²) in [6.45, 7) is 5.52. The molecule has 1 heterocycles. The van der Waals surface area contributed by atoms with E-state index in [0.29, 0.717) is 12.6 Å². The molecule has 112 valence electrons. The Labute approximate surface area is 126 Å². The van der Waals surface area contributed by atoms with Crippen LogP contribution in [-0.2, 0) is 13.2 Å². The van der Waals surface area contributed by atoms with Crippen molar-refractivity contribution in [3.63, 3.8) is 0 Å². The van der Waals surface area contributed by atoms with Gasteiger partial charge in [-0.25, -0.2) is 0 Å². The minimum Gasteiger partial charge on any atom is -0.497 e. The summed E-state index contributed by atoms with van der Waals surface area (Å²) < 4.78 is 11.1. The number of hydrogen-bond donors (Lipinski definition) is 1. The van der Waals surface area contributed by atoms with E-state index in [2.05, 4.69) is 24.1 Å². The second-order valence-electron chi connectivity index (χ2n) is 5.16. The summed E-state index contributed by atoms with van der Waals surface area (Å²) in [7, 11) is 1.66. The Balaban J connectivity index is 2.02. The molecule has 4 nitrogen and oxygen atoms in total. The average Bonchev–Trinajstić information content (AvgIpc) is 2.52. The van der Waals surface area contributed by atoms with Crippen LogP contribution in [0.5, 0.6) is 11.5 Å². The Morgan fingerprint density at radius 1 is 1.24 bits per heavy atom. The van der Waals surface area contributed by atoms with E-state index in [-0.39, 0.29) is 0 Å². The van der Waals surface area contributed by atoms with Gasteiger partial charge in [-0.05, 0) is 23.8 Å². The number of ether oxygens (including phenoxy) is 2. The second kappa shape index (κ2) is 7.64. The molecular weight excluding hydrogens is 264 g/mol. The van der Waals surface area contributed by atoms with Gasteiger partial charge in [0.05, 0.1) is 13.3 Å². The van der Waals surface area contributed by atoms with Crippen LogP contribution in [0, 0.1) is 0 Å². The summed E-state index contributed by atoms with van der Waals surface area (Å²) >= 11 is 0. The van der Waals surface area contributed by atoms with Crippen LogP contribution >= 0.6 is 0 Å². The van der Waals surface area contributed by atoms with Gasteiger partial charge in [0, 0.05) is 24.3 Å². The zero-order valence-corrected chi connectivity index (χ0v) is 12.8. The zero-order chi connectivity index (χ0) is 15.1. The van der Waals surface area contributed by atoms with Crippen LogP contribution in [-0.4, -0.2) is 18.1 Å². The average molecular weight is 286 g/mol. The van der Waals surface area contributed by atoms with Crippen LogP contribution in [0.2, 0.25) is 0 Å². The predicted octanol–water partition coefficient (Wildman–Crippen LogP) is 3.17. The molecule has 0 fully saturated rings. The van der Waals surface area contributed by atoms with Gasteiger partial charge < -0.3 is 14.8 Å². The number of nitrogens with zero attached hydrogens (tertiary/aromatic N) is 1. The molecule has 0 bridgehead atoms. The van der Waals surface area contributed by atoms with E-state index in [9.17, 15) is 0 Å². The van der Waals surface area contributed by atoms with Gasteiger partial charge in [0.15, 0.2) is 0 Å². The van der Waals surface area contributed by atoms with Crippen LogP contribution in [0.3, 0.4) is 0 Å². The first-order chi connectivity index (χ1) is 10.2. The van der Waals surface area contributed by atoms with Gasteiger partial charge in [0.25, 0.3) is 0 Å². The summed E-state index contributed by atoms with van der Waals surface area (Å²) in [6.07, 6.45) is 3.55. The summed E-state index contributed by atoms with van der Waals surface area (Å²) in [4.78, 5) is 4.14. The lowest BCUT2D eigenvalue weighted by atomic mass is 10.2. The van der Waals surface area contributed by atoms with E-state index in [0.717, 1.165) is 29.2 Å². The minimum atomic E-state index is 0.435. The van der Waals surface area contributed by atoms with Crippen LogP contribution in [0.15, 0.2) is 42.7 Å². The number of benzene rings is 1. The molecule has 0 aliphatic carbocycles. The maximum Gasteiger partial charge on any atom is 0.142 e. The first-order valence-corrected chi connectivity index (χ1v) is 7.11. The topological polar surface area (TPSA) is 43.4 Å². The molecule has 4 heteroatoms. The first-order valence-electron chi connectivity index (χ1n) is 7.11. The number of nitrogens with one attached hydrogen (secondary N) is 1. The van der Waals surface area contributed by atoms with Crippen molar-refractivity contribution in [2.45, 2.75) is 33.0 Å². The van der Waals surface area contributed by atoms with E-state index < -0.39 is 0 Å². The molecule has 1 N–H and O–H groups in total. The Morgan fingerprint density at radius 2 is 2.10 bits per heavy atom. The molecule has 0 radical (unpaired) electrons. The quantitative estimate of drug-likeness (QED) is 0.849. The van der Waals surface area contributed by atoms with Gasteiger partial charge in [-0.2, -0.15) is 0 Å². The fourth-order valence-electron chi connectivity index (χ4n) is 1.92. The molecule has 21 heavy (non-hydrogen) atoms. The highest BCUT2D eigenvalue weighted by molar-refractivity contribution is 5.31. The van der Waals surface area contributed by atoms with E-state index >= 15 is 0 Å². The third kappa shape index (κ3) is 4.76. The fraction of sp³-hybridized carbons (Fsp3) is 0.353. The first kappa shape index (κ1) is 15.3. The Bertz CT molecular complexity index is 570. The summed E-state index contributed by atoms with van der Waals surface area (Å²) in [5.41, 5.74) is 2.18. The minimum absolute atomic E-state index is 0.435. The summed E-state index contributed by atoms with van der Waals surface area (Å²) in [6, 6.07) is 10.3. The number of hydrogen-bond acceptors (Lipinski definition) is 4. The van der Waals surface area contributed by atoms with Crippen molar-refractivity contribution in [3.8, 4) is 11.5 Å². The lowest BCUT2D eigenvalue weighted by Gasteiger charge is -2.13. The van der Waals surface area contributed by atoms with Gasteiger partial charge in [0.2, 0.25) is 0 Å². The van der Waals surface area contributed by atoms with Crippen molar-refractivity contribution in [3.05, 3.63) is 53.9 Å². The monoisotopic (exact) mass is 286 g/mol. The summed E-state index contributed by atoms with van der Waals surface area (Å²) in [5, 5.41) is 3.39. The molecule has 0 unspecified atom stereocenters. The highest BCUT2D eigenvalue weighted by atomic mass is 16.5. The van der Waals surface area contributed by atoms with Gasteiger partial charge in [-0.1, -0.05) is 26.0 Å². The number of pyridine rings is 1. The van der Waals surface area contributed by atoms with Crippen LogP contribution < -0.4 is 14.8 Å². The van der Waals surface area contributed by atoms with Crippen molar-refractivity contribution in [2.24, 2.45) is 0 Å². The molecule has 1 aromatic carbocycles. The Hall–Kier alpha value is -2.07.